The van der Waals surface area contributed by atoms with Crippen molar-refractivity contribution in [3.05, 3.63) is 82.9 Å². The van der Waals surface area contributed by atoms with E-state index >= 15 is 0 Å². The Balaban J connectivity index is 1.16. The van der Waals surface area contributed by atoms with Gasteiger partial charge in [-0.15, -0.1) is 0 Å². The van der Waals surface area contributed by atoms with Gasteiger partial charge in [0.15, 0.2) is 0 Å². The standard InChI is InChI=1S/C27H30ClN3S/c1-21-7-12-27-25(19-21)31(24-5-2-3-6-26(24)32-27)14-4-13-29-15-17-30(18-16-29)20-22-8-10-23(28)11-9-22/h2-3,5-12,19H,4,13-18,20H2,1H3. The van der Waals surface area contributed by atoms with Crippen LogP contribution in [-0.2, 0) is 6.54 Å². The molecule has 3 aromatic rings. The van der Waals surface area contributed by atoms with E-state index in [0.717, 1.165) is 50.8 Å². The fourth-order valence-corrected chi connectivity index (χ4v) is 5.85. The van der Waals surface area contributed by atoms with Crippen molar-refractivity contribution in [2.45, 2.75) is 29.7 Å². The van der Waals surface area contributed by atoms with Gasteiger partial charge in [0.05, 0.1) is 11.4 Å². The highest BCUT2D eigenvalue weighted by molar-refractivity contribution is 7.99. The Bertz CT molecular complexity index is 1060. The summed E-state index contributed by atoms with van der Waals surface area (Å²) in [5, 5.41) is 0.811. The summed E-state index contributed by atoms with van der Waals surface area (Å²) in [7, 11) is 0. The number of fused-ring (bicyclic) bond motifs is 2. The van der Waals surface area contributed by atoms with Crippen LogP contribution in [0, 0.1) is 6.92 Å². The molecule has 0 atom stereocenters. The Labute approximate surface area is 201 Å². The van der Waals surface area contributed by atoms with Crippen LogP contribution in [0.15, 0.2) is 76.5 Å². The fourth-order valence-electron chi connectivity index (χ4n) is 4.65. The monoisotopic (exact) mass is 463 g/mol. The van der Waals surface area contributed by atoms with Crippen molar-refractivity contribution in [3.63, 3.8) is 0 Å². The topological polar surface area (TPSA) is 9.72 Å². The second-order valence-electron chi connectivity index (χ2n) is 8.79. The summed E-state index contributed by atoms with van der Waals surface area (Å²) in [6, 6.07) is 23.9. The molecule has 1 saturated heterocycles. The van der Waals surface area contributed by atoms with Crippen molar-refractivity contribution in [2.24, 2.45) is 0 Å². The largest absolute Gasteiger partial charge is 0.340 e. The quantitative estimate of drug-likeness (QED) is 0.414. The lowest BCUT2D eigenvalue weighted by Crippen LogP contribution is -2.46. The number of rotatable bonds is 6. The Kier molecular flexibility index (Phi) is 6.74. The molecule has 3 nitrogen and oxygen atoms in total. The second-order valence-corrected chi connectivity index (χ2v) is 10.3. The summed E-state index contributed by atoms with van der Waals surface area (Å²) in [5.41, 5.74) is 5.38. The minimum absolute atomic E-state index is 0.811. The number of piperazine rings is 1. The van der Waals surface area contributed by atoms with E-state index in [1.165, 1.54) is 38.7 Å². The van der Waals surface area contributed by atoms with Crippen LogP contribution in [0.4, 0.5) is 11.4 Å². The third kappa shape index (κ3) is 4.99. The molecule has 0 N–H and O–H groups in total. The molecular weight excluding hydrogens is 434 g/mol. The molecule has 5 rings (SSSR count). The molecule has 2 aliphatic heterocycles. The average molecular weight is 464 g/mol. The molecular formula is C27H30ClN3S. The van der Waals surface area contributed by atoms with Gasteiger partial charge in [-0.25, -0.2) is 0 Å². The second kappa shape index (κ2) is 9.88. The van der Waals surface area contributed by atoms with Gasteiger partial charge in [0.25, 0.3) is 0 Å². The molecule has 5 heteroatoms. The third-order valence-electron chi connectivity index (χ3n) is 6.42. The maximum absolute atomic E-state index is 6.02. The highest BCUT2D eigenvalue weighted by atomic mass is 35.5. The Hall–Kier alpha value is -1.98. The summed E-state index contributed by atoms with van der Waals surface area (Å²) in [6.45, 7) is 9.98. The minimum Gasteiger partial charge on any atom is -0.340 e. The lowest BCUT2D eigenvalue weighted by Gasteiger charge is -2.36. The first-order chi connectivity index (χ1) is 15.7. The maximum Gasteiger partial charge on any atom is 0.0555 e. The number of halogens is 1. The zero-order valence-electron chi connectivity index (χ0n) is 18.6. The molecule has 3 aromatic carbocycles. The molecule has 0 radical (unpaired) electrons. The summed E-state index contributed by atoms with van der Waals surface area (Å²) < 4.78 is 0. The van der Waals surface area contributed by atoms with Crippen molar-refractivity contribution < 1.29 is 0 Å². The van der Waals surface area contributed by atoms with Crippen molar-refractivity contribution in [2.75, 3.05) is 44.2 Å². The average Bonchev–Trinajstić information content (AvgIpc) is 2.81. The van der Waals surface area contributed by atoms with Crippen molar-refractivity contribution in [1.82, 2.24) is 9.80 Å². The number of anilines is 2. The number of hydrogen-bond donors (Lipinski definition) is 0. The Morgan fingerprint density at radius 1 is 0.781 bits per heavy atom. The minimum atomic E-state index is 0.811. The molecule has 32 heavy (non-hydrogen) atoms. The first kappa shape index (κ1) is 21.8. The molecule has 0 spiro atoms. The van der Waals surface area contributed by atoms with E-state index in [1.807, 2.05) is 23.9 Å². The van der Waals surface area contributed by atoms with E-state index in [4.69, 9.17) is 11.6 Å². The zero-order valence-corrected chi connectivity index (χ0v) is 20.2. The highest BCUT2D eigenvalue weighted by Gasteiger charge is 2.23. The van der Waals surface area contributed by atoms with Crippen LogP contribution >= 0.6 is 23.4 Å². The number of benzene rings is 3. The Morgan fingerprint density at radius 2 is 1.50 bits per heavy atom. The molecule has 0 aliphatic carbocycles. The van der Waals surface area contributed by atoms with E-state index in [-0.39, 0.29) is 0 Å². The number of hydrogen-bond acceptors (Lipinski definition) is 4. The van der Waals surface area contributed by atoms with Crippen LogP contribution < -0.4 is 4.90 Å². The van der Waals surface area contributed by atoms with Crippen LogP contribution in [-0.4, -0.2) is 49.1 Å². The Morgan fingerprint density at radius 3 is 2.31 bits per heavy atom. The summed E-state index contributed by atoms with van der Waals surface area (Å²) in [5.74, 6) is 0. The van der Waals surface area contributed by atoms with E-state index in [2.05, 4.69) is 76.2 Å². The summed E-state index contributed by atoms with van der Waals surface area (Å²) in [6.07, 6.45) is 1.17. The van der Waals surface area contributed by atoms with Crippen molar-refractivity contribution in [1.29, 1.82) is 0 Å². The SMILES string of the molecule is Cc1ccc2c(c1)N(CCCN1CCN(Cc3ccc(Cl)cc3)CC1)c1ccccc1S2. The zero-order chi connectivity index (χ0) is 21.9. The van der Waals surface area contributed by atoms with Gasteiger partial charge in [0, 0.05) is 54.1 Å². The molecule has 166 valence electrons. The van der Waals surface area contributed by atoms with Crippen molar-refractivity contribution >= 4 is 34.7 Å². The molecule has 0 unspecified atom stereocenters. The maximum atomic E-state index is 6.02. The fraction of sp³-hybridized carbons (Fsp3) is 0.333. The smallest absolute Gasteiger partial charge is 0.0555 e. The molecule has 0 bridgehead atoms. The number of para-hydroxylation sites is 1. The summed E-state index contributed by atoms with van der Waals surface area (Å²) in [4.78, 5) is 10.4. The molecule has 0 amide bonds. The molecule has 1 fully saturated rings. The predicted molar refractivity (Wildman–Crippen MR) is 137 cm³/mol. The van der Waals surface area contributed by atoms with Gasteiger partial charge in [-0.3, -0.25) is 4.90 Å². The van der Waals surface area contributed by atoms with Gasteiger partial charge in [0.1, 0.15) is 0 Å². The molecule has 0 saturated carbocycles. The van der Waals surface area contributed by atoms with Crippen LogP contribution in [0.2, 0.25) is 5.02 Å². The van der Waals surface area contributed by atoms with Gasteiger partial charge in [0.2, 0.25) is 0 Å². The van der Waals surface area contributed by atoms with Gasteiger partial charge >= 0.3 is 0 Å². The predicted octanol–water partition coefficient (Wildman–Crippen LogP) is 6.46. The van der Waals surface area contributed by atoms with Crippen LogP contribution in [0.3, 0.4) is 0 Å². The summed E-state index contributed by atoms with van der Waals surface area (Å²) >= 11 is 7.91. The normalized spacial score (nSPS) is 16.6. The third-order valence-corrected chi connectivity index (χ3v) is 7.80. The van der Waals surface area contributed by atoms with Gasteiger partial charge in [-0.2, -0.15) is 0 Å². The van der Waals surface area contributed by atoms with E-state index in [9.17, 15) is 0 Å². The number of nitrogens with zero attached hydrogens (tertiary/aromatic N) is 3. The van der Waals surface area contributed by atoms with E-state index in [1.54, 1.807) is 0 Å². The van der Waals surface area contributed by atoms with E-state index in [0.29, 0.717) is 0 Å². The van der Waals surface area contributed by atoms with Gasteiger partial charge in [-0.1, -0.05) is 53.7 Å². The first-order valence-corrected chi connectivity index (χ1v) is 12.7. The van der Waals surface area contributed by atoms with Crippen LogP contribution in [0.1, 0.15) is 17.5 Å². The van der Waals surface area contributed by atoms with Gasteiger partial charge < -0.3 is 9.80 Å². The van der Waals surface area contributed by atoms with Crippen molar-refractivity contribution in [3.8, 4) is 0 Å². The lowest BCUT2D eigenvalue weighted by atomic mass is 10.1. The lowest BCUT2D eigenvalue weighted by molar-refractivity contribution is 0.126. The van der Waals surface area contributed by atoms with Crippen LogP contribution in [0.25, 0.3) is 0 Å². The molecule has 2 aliphatic rings. The molecule has 2 heterocycles. The molecule has 0 aromatic heterocycles. The van der Waals surface area contributed by atoms with Crippen LogP contribution in [0.5, 0.6) is 0 Å². The van der Waals surface area contributed by atoms with Gasteiger partial charge in [-0.05, 0) is 67.4 Å². The highest BCUT2D eigenvalue weighted by Crippen LogP contribution is 2.48. The van der Waals surface area contributed by atoms with E-state index < -0.39 is 0 Å². The first-order valence-electron chi connectivity index (χ1n) is 11.5. The number of aryl methyl sites for hydroxylation is 1.